The van der Waals surface area contributed by atoms with Crippen LogP contribution in [0.25, 0.3) is 0 Å². The number of piperazine rings is 1. The van der Waals surface area contributed by atoms with Gasteiger partial charge < -0.3 is 15.1 Å². The molecular formula is C26H33ClFN3O3S. The van der Waals surface area contributed by atoms with E-state index in [1.807, 2.05) is 24.3 Å². The van der Waals surface area contributed by atoms with Gasteiger partial charge in [0.2, 0.25) is 4.87 Å². The number of nitrogens with one attached hydrogen (secondary N) is 1. The van der Waals surface area contributed by atoms with Crippen molar-refractivity contribution in [2.24, 2.45) is 0 Å². The molecule has 2 heterocycles. The van der Waals surface area contributed by atoms with Crippen LogP contribution in [0.3, 0.4) is 0 Å². The fourth-order valence-electron chi connectivity index (χ4n) is 5.34. The number of carbonyl (C=O) groups is 1. The van der Waals surface area contributed by atoms with Crippen LogP contribution in [-0.4, -0.2) is 62.1 Å². The fourth-order valence-corrected chi connectivity index (χ4v) is 7.49. The minimum Gasteiger partial charge on any atom is -0.342 e. The van der Waals surface area contributed by atoms with Crippen molar-refractivity contribution in [2.75, 3.05) is 37.6 Å². The highest BCUT2D eigenvalue weighted by Crippen LogP contribution is 2.38. The van der Waals surface area contributed by atoms with Gasteiger partial charge in [-0.05, 0) is 81.0 Å². The minimum absolute atomic E-state index is 0.0165. The number of benzene rings is 2. The third kappa shape index (κ3) is 4.68. The molecule has 1 atom stereocenters. The summed E-state index contributed by atoms with van der Waals surface area (Å²) < 4.78 is 41.8. The molecule has 1 unspecified atom stereocenters. The molecule has 9 heteroatoms. The molecule has 2 aromatic carbocycles. The summed E-state index contributed by atoms with van der Waals surface area (Å²) in [4.78, 5) is 15.8. The van der Waals surface area contributed by atoms with Crippen molar-refractivity contribution in [2.45, 2.75) is 49.7 Å². The van der Waals surface area contributed by atoms with Crippen molar-refractivity contribution in [3.05, 3.63) is 64.4 Å². The van der Waals surface area contributed by atoms with E-state index in [4.69, 9.17) is 11.6 Å². The van der Waals surface area contributed by atoms with Gasteiger partial charge in [0.1, 0.15) is 5.82 Å². The summed E-state index contributed by atoms with van der Waals surface area (Å²) >= 11 is 6.17. The summed E-state index contributed by atoms with van der Waals surface area (Å²) in [5.41, 5.74) is 2.30. The van der Waals surface area contributed by atoms with E-state index in [-0.39, 0.29) is 12.5 Å². The molecule has 0 saturated carbocycles. The van der Waals surface area contributed by atoms with Crippen molar-refractivity contribution in [3.63, 3.8) is 0 Å². The Labute approximate surface area is 212 Å². The van der Waals surface area contributed by atoms with Gasteiger partial charge in [-0.15, -0.1) is 0 Å². The van der Waals surface area contributed by atoms with Gasteiger partial charge in [0.15, 0.2) is 9.84 Å². The molecule has 0 spiro atoms. The van der Waals surface area contributed by atoms with E-state index in [0.29, 0.717) is 42.5 Å². The van der Waals surface area contributed by atoms with Gasteiger partial charge >= 0.3 is 0 Å². The third-order valence-electron chi connectivity index (χ3n) is 7.29. The summed E-state index contributed by atoms with van der Waals surface area (Å²) in [6.45, 7) is 6.72. The lowest BCUT2D eigenvalue weighted by molar-refractivity contribution is -0.135. The first kappa shape index (κ1) is 25.9. The maximum absolute atomic E-state index is 14.3. The molecule has 0 radical (unpaired) electrons. The highest BCUT2D eigenvalue weighted by atomic mass is 35.5. The standard InChI is InChI=1S/C26H33ClFN3O3S/c1-18(2)35(33,34)26(17-29-11-14-31(26)24-8-7-23(28)15-19(24)3)25(32)30-12-9-20(10-13-30)21-5-4-6-22(27)16-21/h4-8,15-16,18,20,29H,9-14,17H2,1-3H3. The van der Waals surface area contributed by atoms with Gasteiger partial charge in [-0.3, -0.25) is 4.79 Å². The van der Waals surface area contributed by atoms with E-state index in [1.165, 1.54) is 12.1 Å². The molecule has 1 amide bonds. The summed E-state index contributed by atoms with van der Waals surface area (Å²) in [7, 11) is -3.94. The van der Waals surface area contributed by atoms with Crippen molar-refractivity contribution in [1.29, 1.82) is 0 Å². The van der Waals surface area contributed by atoms with Gasteiger partial charge in [-0.25, -0.2) is 12.8 Å². The zero-order valence-corrected chi connectivity index (χ0v) is 22.0. The van der Waals surface area contributed by atoms with Gasteiger partial charge in [0, 0.05) is 43.4 Å². The van der Waals surface area contributed by atoms with Crippen LogP contribution in [0.2, 0.25) is 5.02 Å². The number of halogens is 2. The third-order valence-corrected chi connectivity index (χ3v) is 10.2. The van der Waals surface area contributed by atoms with Crippen molar-refractivity contribution in [3.8, 4) is 0 Å². The number of amides is 1. The number of hydrogen-bond acceptors (Lipinski definition) is 5. The lowest BCUT2D eigenvalue weighted by Gasteiger charge is -2.50. The van der Waals surface area contributed by atoms with Gasteiger partial charge in [-0.2, -0.15) is 0 Å². The van der Waals surface area contributed by atoms with Crippen LogP contribution in [0.5, 0.6) is 0 Å². The smallest absolute Gasteiger partial charge is 0.265 e. The number of sulfone groups is 1. The number of aryl methyl sites for hydroxylation is 1. The zero-order chi connectivity index (χ0) is 25.4. The Hall–Kier alpha value is -2.16. The Morgan fingerprint density at radius 1 is 1.14 bits per heavy atom. The Morgan fingerprint density at radius 2 is 1.86 bits per heavy atom. The number of likely N-dealkylation sites (tertiary alicyclic amines) is 1. The normalized spacial score (nSPS) is 22.0. The van der Waals surface area contributed by atoms with Crippen molar-refractivity contribution >= 4 is 33.0 Å². The Bertz CT molecular complexity index is 1200. The van der Waals surface area contributed by atoms with E-state index < -0.39 is 31.7 Å². The second-order valence-corrected chi connectivity index (χ2v) is 12.9. The average molecular weight is 522 g/mol. The van der Waals surface area contributed by atoms with Crippen LogP contribution in [0.15, 0.2) is 42.5 Å². The molecule has 1 N–H and O–H groups in total. The Kier molecular flexibility index (Phi) is 7.46. The van der Waals surface area contributed by atoms with E-state index in [9.17, 15) is 17.6 Å². The topological polar surface area (TPSA) is 69.7 Å². The fraction of sp³-hybridized carbons (Fsp3) is 0.500. The van der Waals surface area contributed by atoms with Crippen LogP contribution in [0.1, 0.15) is 43.7 Å². The largest absolute Gasteiger partial charge is 0.342 e. The van der Waals surface area contributed by atoms with Crippen LogP contribution < -0.4 is 10.2 Å². The number of rotatable bonds is 5. The van der Waals surface area contributed by atoms with Gasteiger partial charge in [0.25, 0.3) is 5.91 Å². The van der Waals surface area contributed by atoms with E-state index >= 15 is 0 Å². The number of hydrogen-bond donors (Lipinski definition) is 1. The Balaban J connectivity index is 1.70. The lowest BCUT2D eigenvalue weighted by Crippen LogP contribution is -2.73. The number of carbonyl (C=O) groups excluding carboxylic acids is 1. The highest BCUT2D eigenvalue weighted by molar-refractivity contribution is 7.94. The summed E-state index contributed by atoms with van der Waals surface area (Å²) in [5.74, 6) is -0.546. The zero-order valence-electron chi connectivity index (χ0n) is 20.4. The van der Waals surface area contributed by atoms with Crippen LogP contribution in [0.4, 0.5) is 10.1 Å². The van der Waals surface area contributed by atoms with Gasteiger partial charge in [0.05, 0.1) is 5.25 Å². The van der Waals surface area contributed by atoms with Crippen LogP contribution >= 0.6 is 11.6 Å². The van der Waals surface area contributed by atoms with E-state index in [2.05, 4.69) is 5.32 Å². The molecule has 35 heavy (non-hydrogen) atoms. The van der Waals surface area contributed by atoms with Crippen molar-refractivity contribution in [1.82, 2.24) is 10.2 Å². The molecule has 2 aliphatic rings. The molecular weight excluding hydrogens is 489 g/mol. The summed E-state index contributed by atoms with van der Waals surface area (Å²) in [5, 5.41) is 3.09. The summed E-state index contributed by atoms with van der Waals surface area (Å²) in [6.07, 6.45) is 1.46. The first-order valence-electron chi connectivity index (χ1n) is 12.1. The maximum atomic E-state index is 14.3. The molecule has 6 nitrogen and oxygen atoms in total. The lowest BCUT2D eigenvalue weighted by atomic mass is 9.89. The van der Waals surface area contributed by atoms with Gasteiger partial charge in [-0.1, -0.05) is 23.7 Å². The molecule has 190 valence electrons. The second-order valence-electron chi connectivity index (χ2n) is 9.76. The average Bonchev–Trinajstić information content (AvgIpc) is 2.83. The SMILES string of the molecule is Cc1cc(F)ccc1N1CCNCC1(C(=O)N1CCC(c2cccc(Cl)c2)CC1)S(=O)(=O)C(C)C. The quantitative estimate of drug-likeness (QED) is 0.641. The highest BCUT2D eigenvalue weighted by Gasteiger charge is 2.59. The molecule has 2 aromatic rings. The number of nitrogens with zero attached hydrogens (tertiary/aromatic N) is 2. The molecule has 2 saturated heterocycles. The molecule has 2 fully saturated rings. The van der Waals surface area contributed by atoms with Crippen molar-refractivity contribution < 1.29 is 17.6 Å². The van der Waals surface area contributed by atoms with Crippen LogP contribution in [0, 0.1) is 12.7 Å². The number of piperidine rings is 1. The molecule has 0 bridgehead atoms. The summed E-state index contributed by atoms with van der Waals surface area (Å²) in [6, 6.07) is 12.0. The van der Waals surface area contributed by atoms with E-state index in [0.717, 1.165) is 18.4 Å². The first-order chi connectivity index (χ1) is 16.6. The number of anilines is 1. The first-order valence-corrected chi connectivity index (χ1v) is 14.0. The molecule has 2 aliphatic heterocycles. The maximum Gasteiger partial charge on any atom is 0.265 e. The molecule has 0 aromatic heterocycles. The minimum atomic E-state index is -3.94. The Morgan fingerprint density at radius 3 is 2.49 bits per heavy atom. The van der Waals surface area contributed by atoms with E-state index in [1.54, 1.807) is 36.6 Å². The second kappa shape index (κ2) is 10.1. The molecule has 0 aliphatic carbocycles. The monoisotopic (exact) mass is 521 g/mol. The van der Waals surface area contributed by atoms with Crippen LogP contribution in [-0.2, 0) is 14.6 Å². The predicted octanol–water partition coefficient (Wildman–Crippen LogP) is 4.12. The predicted molar refractivity (Wildman–Crippen MR) is 138 cm³/mol. The molecule has 4 rings (SSSR count).